The molecule has 1 fully saturated rings. The first-order valence-electron chi connectivity index (χ1n) is 10.1. The number of piperidine rings is 1. The average Bonchev–Trinajstić information content (AvgIpc) is 2.79. The molecule has 2 aromatic carbocycles. The van der Waals surface area contributed by atoms with Gasteiger partial charge in [0.25, 0.3) is 0 Å². The molecule has 1 amide bonds. The van der Waals surface area contributed by atoms with E-state index >= 15 is 0 Å². The molecule has 0 spiro atoms. The molecular formula is C22H27ClN2O6S. The van der Waals surface area contributed by atoms with E-state index in [-0.39, 0.29) is 29.8 Å². The smallest absolute Gasteiger partial charge is 0.243 e. The van der Waals surface area contributed by atoms with Gasteiger partial charge in [-0.1, -0.05) is 11.6 Å². The van der Waals surface area contributed by atoms with Crippen LogP contribution in [0.15, 0.2) is 35.2 Å². The van der Waals surface area contributed by atoms with Crippen LogP contribution in [0.2, 0.25) is 5.02 Å². The van der Waals surface area contributed by atoms with E-state index in [9.17, 15) is 13.2 Å². The molecular weight excluding hydrogens is 456 g/mol. The molecule has 1 aliphatic heterocycles. The number of hydrogen-bond acceptors (Lipinski definition) is 6. The Morgan fingerprint density at radius 1 is 1.00 bits per heavy atom. The number of benzene rings is 2. The van der Waals surface area contributed by atoms with Crippen molar-refractivity contribution in [3.05, 3.63) is 40.9 Å². The lowest BCUT2D eigenvalue weighted by atomic mass is 9.97. The Labute approximate surface area is 193 Å². The van der Waals surface area contributed by atoms with Crippen molar-refractivity contribution in [1.82, 2.24) is 4.31 Å². The maximum Gasteiger partial charge on any atom is 0.243 e. The molecule has 1 aliphatic rings. The molecule has 2 aromatic rings. The predicted molar refractivity (Wildman–Crippen MR) is 122 cm³/mol. The molecule has 0 aromatic heterocycles. The number of methoxy groups -OCH3 is 3. The second-order valence-electron chi connectivity index (χ2n) is 7.49. The van der Waals surface area contributed by atoms with Gasteiger partial charge in [-0.3, -0.25) is 4.79 Å². The molecule has 1 saturated heterocycles. The molecule has 1 heterocycles. The van der Waals surface area contributed by atoms with Crippen LogP contribution >= 0.6 is 11.6 Å². The van der Waals surface area contributed by atoms with Crippen molar-refractivity contribution in [3.8, 4) is 17.2 Å². The topological polar surface area (TPSA) is 94.2 Å². The van der Waals surface area contributed by atoms with Crippen molar-refractivity contribution in [3.63, 3.8) is 0 Å². The number of carbonyl (C=O) groups excluding carboxylic acids is 1. The summed E-state index contributed by atoms with van der Waals surface area (Å²) in [5.74, 6) is 0.932. The van der Waals surface area contributed by atoms with Gasteiger partial charge < -0.3 is 19.5 Å². The standard InChI is InChI=1S/C22H27ClN2O6S/c1-14-11-16(5-6-19(14)29-2)32(27,28)25-9-7-15(8-10-25)22(26)24-18-13-20(30-3)17(23)12-21(18)31-4/h5-6,11-13,15H,7-10H2,1-4H3,(H,24,26). The van der Waals surface area contributed by atoms with Crippen molar-refractivity contribution >= 4 is 33.2 Å². The van der Waals surface area contributed by atoms with Crippen LogP contribution in [0.1, 0.15) is 18.4 Å². The van der Waals surface area contributed by atoms with Crippen LogP contribution in [0.25, 0.3) is 0 Å². The second-order valence-corrected chi connectivity index (χ2v) is 9.83. The molecule has 32 heavy (non-hydrogen) atoms. The average molecular weight is 483 g/mol. The maximum atomic E-state index is 13.0. The van der Waals surface area contributed by atoms with Gasteiger partial charge in [0.2, 0.25) is 15.9 Å². The number of aryl methyl sites for hydroxylation is 1. The minimum Gasteiger partial charge on any atom is -0.496 e. The van der Waals surface area contributed by atoms with Crippen molar-refractivity contribution in [2.24, 2.45) is 5.92 Å². The zero-order chi connectivity index (χ0) is 23.5. The van der Waals surface area contributed by atoms with E-state index in [1.54, 1.807) is 44.4 Å². The van der Waals surface area contributed by atoms with Crippen LogP contribution in [0, 0.1) is 12.8 Å². The summed E-state index contributed by atoms with van der Waals surface area (Å²) in [7, 11) is 0.867. The largest absolute Gasteiger partial charge is 0.496 e. The highest BCUT2D eigenvalue weighted by Crippen LogP contribution is 2.36. The number of rotatable bonds is 7. The Morgan fingerprint density at radius 3 is 2.19 bits per heavy atom. The summed E-state index contributed by atoms with van der Waals surface area (Å²) in [5, 5.41) is 3.22. The van der Waals surface area contributed by atoms with Gasteiger partial charge in [0.15, 0.2) is 0 Å². The summed E-state index contributed by atoms with van der Waals surface area (Å²) in [5.41, 5.74) is 1.19. The molecule has 0 radical (unpaired) electrons. The van der Waals surface area contributed by atoms with Gasteiger partial charge in [-0.2, -0.15) is 4.31 Å². The fourth-order valence-corrected chi connectivity index (χ4v) is 5.50. The van der Waals surface area contributed by atoms with E-state index in [0.29, 0.717) is 40.8 Å². The lowest BCUT2D eigenvalue weighted by Crippen LogP contribution is -2.41. The number of hydrogen-bond donors (Lipinski definition) is 1. The summed E-state index contributed by atoms with van der Waals surface area (Å²) in [6.45, 7) is 2.31. The van der Waals surface area contributed by atoms with E-state index in [1.165, 1.54) is 18.5 Å². The Bertz CT molecular complexity index is 1100. The van der Waals surface area contributed by atoms with Gasteiger partial charge in [0.05, 0.1) is 36.9 Å². The summed E-state index contributed by atoms with van der Waals surface area (Å²) >= 11 is 6.11. The highest BCUT2D eigenvalue weighted by atomic mass is 35.5. The van der Waals surface area contributed by atoms with E-state index in [0.717, 1.165) is 5.56 Å². The van der Waals surface area contributed by atoms with Gasteiger partial charge in [-0.15, -0.1) is 0 Å². The summed E-state index contributed by atoms with van der Waals surface area (Å²) < 4.78 is 43.2. The van der Waals surface area contributed by atoms with E-state index in [1.807, 2.05) is 0 Å². The number of nitrogens with zero attached hydrogens (tertiary/aromatic N) is 1. The molecule has 8 nitrogen and oxygen atoms in total. The predicted octanol–water partition coefficient (Wildman–Crippen LogP) is 3.71. The summed E-state index contributed by atoms with van der Waals surface area (Å²) in [6.07, 6.45) is 0.820. The number of sulfonamides is 1. The third kappa shape index (κ3) is 4.95. The Kier molecular flexibility index (Phi) is 7.53. The summed E-state index contributed by atoms with van der Waals surface area (Å²) in [6, 6.07) is 7.97. The van der Waals surface area contributed by atoms with Crippen LogP contribution in [0.5, 0.6) is 17.2 Å². The van der Waals surface area contributed by atoms with Crippen molar-refractivity contribution in [2.75, 3.05) is 39.7 Å². The minimum atomic E-state index is -3.65. The van der Waals surface area contributed by atoms with Gasteiger partial charge >= 0.3 is 0 Å². The number of ether oxygens (including phenoxy) is 3. The number of amides is 1. The van der Waals surface area contributed by atoms with Crippen LogP contribution in [-0.4, -0.2) is 53.0 Å². The first-order chi connectivity index (χ1) is 15.2. The maximum absolute atomic E-state index is 13.0. The minimum absolute atomic E-state index is 0.204. The van der Waals surface area contributed by atoms with Gasteiger partial charge in [-0.05, 0) is 43.5 Å². The molecule has 0 unspecified atom stereocenters. The Morgan fingerprint density at radius 2 is 1.62 bits per heavy atom. The fourth-order valence-electron chi connectivity index (χ4n) is 3.71. The highest BCUT2D eigenvalue weighted by Gasteiger charge is 2.32. The monoisotopic (exact) mass is 482 g/mol. The normalized spacial score (nSPS) is 15.3. The molecule has 1 N–H and O–H groups in total. The number of halogens is 1. The number of anilines is 1. The Hall–Kier alpha value is -2.49. The van der Waals surface area contributed by atoms with E-state index in [2.05, 4.69) is 5.32 Å². The lowest BCUT2D eigenvalue weighted by molar-refractivity contribution is -0.120. The van der Waals surface area contributed by atoms with E-state index in [4.69, 9.17) is 25.8 Å². The second kappa shape index (κ2) is 9.97. The fraction of sp³-hybridized carbons (Fsp3) is 0.409. The van der Waals surface area contributed by atoms with Crippen molar-refractivity contribution < 1.29 is 27.4 Å². The molecule has 174 valence electrons. The molecule has 10 heteroatoms. The van der Waals surface area contributed by atoms with Crippen LogP contribution in [0.4, 0.5) is 5.69 Å². The van der Waals surface area contributed by atoms with Gasteiger partial charge in [0.1, 0.15) is 17.2 Å². The van der Waals surface area contributed by atoms with Crippen LogP contribution < -0.4 is 19.5 Å². The molecule has 0 atom stereocenters. The molecule has 3 rings (SSSR count). The molecule has 0 aliphatic carbocycles. The zero-order valence-electron chi connectivity index (χ0n) is 18.5. The van der Waals surface area contributed by atoms with E-state index < -0.39 is 10.0 Å². The number of carbonyl (C=O) groups is 1. The SMILES string of the molecule is COc1ccc(S(=O)(=O)N2CCC(C(=O)Nc3cc(OC)c(Cl)cc3OC)CC2)cc1C. The zero-order valence-corrected chi connectivity index (χ0v) is 20.0. The Balaban J connectivity index is 1.68. The first kappa shape index (κ1) is 24.2. The lowest BCUT2D eigenvalue weighted by Gasteiger charge is -2.30. The highest BCUT2D eigenvalue weighted by molar-refractivity contribution is 7.89. The molecule has 0 bridgehead atoms. The van der Waals surface area contributed by atoms with Crippen molar-refractivity contribution in [2.45, 2.75) is 24.7 Å². The van der Waals surface area contributed by atoms with Crippen LogP contribution in [-0.2, 0) is 14.8 Å². The quantitative estimate of drug-likeness (QED) is 0.646. The van der Waals surface area contributed by atoms with Crippen molar-refractivity contribution in [1.29, 1.82) is 0 Å². The first-order valence-corrected chi connectivity index (χ1v) is 11.9. The summed E-state index contributed by atoms with van der Waals surface area (Å²) in [4.78, 5) is 13.1. The molecule has 0 saturated carbocycles. The third-order valence-electron chi connectivity index (χ3n) is 5.56. The number of nitrogens with one attached hydrogen (secondary N) is 1. The van der Waals surface area contributed by atoms with Gasteiger partial charge in [0, 0.05) is 31.1 Å². The van der Waals surface area contributed by atoms with Crippen LogP contribution in [0.3, 0.4) is 0 Å². The van der Waals surface area contributed by atoms with Gasteiger partial charge in [-0.25, -0.2) is 8.42 Å². The third-order valence-corrected chi connectivity index (χ3v) is 7.75.